The first-order valence-electron chi connectivity index (χ1n) is 5.41. The van der Waals surface area contributed by atoms with E-state index in [0.717, 1.165) is 0 Å². The van der Waals surface area contributed by atoms with Gasteiger partial charge in [-0.3, -0.25) is 0 Å². The number of halogens is 3. The molecule has 0 unspecified atom stereocenters. The van der Waals surface area contributed by atoms with Gasteiger partial charge in [-0.1, -0.05) is 12.2 Å². The van der Waals surface area contributed by atoms with E-state index < -0.39 is 6.36 Å². The molecule has 0 saturated heterocycles. The summed E-state index contributed by atoms with van der Waals surface area (Å²) >= 11 is 0. The zero-order valence-electron chi connectivity index (χ0n) is 10.5. The van der Waals surface area contributed by atoms with Crippen molar-refractivity contribution < 1.29 is 22.6 Å². The van der Waals surface area contributed by atoms with Gasteiger partial charge in [0.25, 0.3) is 0 Å². The van der Waals surface area contributed by atoms with Crippen molar-refractivity contribution in [2.45, 2.75) is 33.2 Å². The van der Waals surface area contributed by atoms with Gasteiger partial charge in [0.2, 0.25) is 0 Å². The van der Waals surface area contributed by atoms with Gasteiger partial charge in [0.05, 0.1) is 6.10 Å². The molecule has 18 heavy (non-hydrogen) atoms. The highest BCUT2D eigenvalue weighted by molar-refractivity contribution is 5.64. The van der Waals surface area contributed by atoms with E-state index in [2.05, 4.69) is 11.3 Å². The van der Waals surface area contributed by atoms with Gasteiger partial charge < -0.3 is 9.47 Å². The third-order valence-electron chi connectivity index (χ3n) is 1.98. The third kappa shape index (κ3) is 4.69. The quantitative estimate of drug-likeness (QED) is 0.798. The van der Waals surface area contributed by atoms with E-state index in [9.17, 15) is 13.2 Å². The summed E-state index contributed by atoms with van der Waals surface area (Å²) in [5.74, 6) is 0.0170. The van der Waals surface area contributed by atoms with E-state index in [4.69, 9.17) is 4.74 Å². The van der Waals surface area contributed by atoms with E-state index in [0.29, 0.717) is 16.9 Å². The molecule has 0 atom stereocenters. The minimum absolute atomic E-state index is 0.135. The largest absolute Gasteiger partial charge is 0.573 e. The van der Waals surface area contributed by atoms with Gasteiger partial charge in [0.1, 0.15) is 11.5 Å². The van der Waals surface area contributed by atoms with E-state index in [1.807, 2.05) is 0 Å². The van der Waals surface area contributed by atoms with Crippen LogP contribution in [0.15, 0.2) is 24.8 Å². The standard InChI is InChI=1S/C13H15F3O2/c1-8(2)10-5-11(17-9(3)4)7-12(6-10)18-13(14,15)16/h5-7,9H,1H2,2-4H3. The van der Waals surface area contributed by atoms with Crippen molar-refractivity contribution in [3.8, 4) is 11.5 Å². The molecule has 1 aromatic carbocycles. The number of allylic oxidation sites excluding steroid dienone is 1. The highest BCUT2D eigenvalue weighted by Crippen LogP contribution is 2.30. The first kappa shape index (κ1) is 14.4. The molecule has 0 amide bonds. The first-order valence-corrected chi connectivity index (χ1v) is 5.41. The van der Waals surface area contributed by atoms with Gasteiger partial charge in [0.15, 0.2) is 0 Å². The fourth-order valence-corrected chi connectivity index (χ4v) is 1.35. The number of ether oxygens (including phenoxy) is 2. The fourth-order valence-electron chi connectivity index (χ4n) is 1.35. The molecule has 0 aliphatic heterocycles. The second kappa shape index (κ2) is 5.33. The Balaban J connectivity index is 3.10. The fraction of sp³-hybridized carbons (Fsp3) is 0.385. The van der Waals surface area contributed by atoms with Crippen molar-refractivity contribution in [3.05, 3.63) is 30.3 Å². The number of alkyl halides is 3. The van der Waals surface area contributed by atoms with E-state index in [1.54, 1.807) is 26.8 Å². The SMILES string of the molecule is C=C(C)c1cc(OC(C)C)cc(OC(F)(F)F)c1. The van der Waals surface area contributed by atoms with Gasteiger partial charge in [-0.2, -0.15) is 0 Å². The molecule has 0 saturated carbocycles. The van der Waals surface area contributed by atoms with Crippen molar-refractivity contribution in [2.24, 2.45) is 0 Å². The van der Waals surface area contributed by atoms with E-state index >= 15 is 0 Å². The average Bonchev–Trinajstić information content (AvgIpc) is 2.12. The van der Waals surface area contributed by atoms with Crippen LogP contribution in [0.25, 0.3) is 5.57 Å². The Labute approximate surface area is 104 Å². The molecule has 2 nitrogen and oxygen atoms in total. The first-order chi connectivity index (χ1) is 8.17. The highest BCUT2D eigenvalue weighted by atomic mass is 19.4. The average molecular weight is 260 g/mol. The number of benzene rings is 1. The van der Waals surface area contributed by atoms with Crippen LogP contribution in [0.3, 0.4) is 0 Å². The highest BCUT2D eigenvalue weighted by Gasteiger charge is 2.31. The molecule has 0 heterocycles. The van der Waals surface area contributed by atoms with Crippen LogP contribution < -0.4 is 9.47 Å². The van der Waals surface area contributed by atoms with E-state index in [1.165, 1.54) is 12.1 Å². The molecule has 0 aliphatic rings. The van der Waals surface area contributed by atoms with Gasteiger partial charge in [-0.05, 0) is 38.5 Å². The van der Waals surface area contributed by atoms with Crippen molar-refractivity contribution in [3.63, 3.8) is 0 Å². The van der Waals surface area contributed by atoms with Crippen molar-refractivity contribution >= 4 is 5.57 Å². The van der Waals surface area contributed by atoms with Crippen molar-refractivity contribution in [2.75, 3.05) is 0 Å². The predicted molar refractivity (Wildman–Crippen MR) is 63.6 cm³/mol. The second-order valence-corrected chi connectivity index (χ2v) is 4.19. The number of rotatable bonds is 4. The Kier molecular flexibility index (Phi) is 4.27. The van der Waals surface area contributed by atoms with Crippen LogP contribution >= 0.6 is 0 Å². The molecule has 0 aromatic heterocycles. The molecule has 100 valence electrons. The molecule has 1 rings (SSSR count). The maximum Gasteiger partial charge on any atom is 0.573 e. The lowest BCUT2D eigenvalue weighted by atomic mass is 10.1. The topological polar surface area (TPSA) is 18.5 Å². The minimum Gasteiger partial charge on any atom is -0.491 e. The smallest absolute Gasteiger partial charge is 0.491 e. The van der Waals surface area contributed by atoms with Gasteiger partial charge in [-0.25, -0.2) is 0 Å². The van der Waals surface area contributed by atoms with Crippen LogP contribution in [0.2, 0.25) is 0 Å². The molecule has 1 aromatic rings. The molecular weight excluding hydrogens is 245 g/mol. The van der Waals surface area contributed by atoms with Crippen LogP contribution in [0.4, 0.5) is 13.2 Å². The van der Waals surface area contributed by atoms with Gasteiger partial charge in [0, 0.05) is 6.07 Å². The lowest BCUT2D eigenvalue weighted by Gasteiger charge is -2.15. The summed E-state index contributed by atoms with van der Waals surface area (Å²) in [4.78, 5) is 0. The summed E-state index contributed by atoms with van der Waals surface area (Å²) in [7, 11) is 0. The molecule has 5 heteroatoms. The zero-order chi connectivity index (χ0) is 13.9. The Hall–Kier alpha value is -1.65. The summed E-state index contributed by atoms with van der Waals surface area (Å²) in [5.41, 5.74) is 1.18. The molecule has 0 bridgehead atoms. The molecule has 0 N–H and O–H groups in total. The van der Waals surface area contributed by atoms with Crippen LogP contribution in [0, 0.1) is 0 Å². The lowest BCUT2D eigenvalue weighted by molar-refractivity contribution is -0.274. The molecule has 0 aliphatic carbocycles. The predicted octanol–water partition coefficient (Wildman–Crippen LogP) is 4.41. The molecule has 0 radical (unpaired) electrons. The lowest BCUT2D eigenvalue weighted by Crippen LogP contribution is -2.17. The van der Waals surface area contributed by atoms with Gasteiger partial charge in [-0.15, -0.1) is 13.2 Å². The Morgan fingerprint density at radius 3 is 2.17 bits per heavy atom. The molecule has 0 spiro atoms. The van der Waals surface area contributed by atoms with Crippen LogP contribution in [0.5, 0.6) is 11.5 Å². The summed E-state index contributed by atoms with van der Waals surface area (Å²) in [6, 6.07) is 4.12. The van der Waals surface area contributed by atoms with E-state index in [-0.39, 0.29) is 11.9 Å². The van der Waals surface area contributed by atoms with Crippen LogP contribution in [-0.4, -0.2) is 12.5 Å². The Morgan fingerprint density at radius 1 is 1.17 bits per heavy atom. The number of hydrogen-bond donors (Lipinski definition) is 0. The van der Waals surface area contributed by atoms with Crippen LogP contribution in [-0.2, 0) is 0 Å². The summed E-state index contributed by atoms with van der Waals surface area (Å²) in [6.45, 7) is 8.97. The monoisotopic (exact) mass is 260 g/mol. The summed E-state index contributed by atoms with van der Waals surface area (Å²) < 4.78 is 45.8. The Bertz CT molecular complexity index is 436. The van der Waals surface area contributed by atoms with Crippen molar-refractivity contribution in [1.29, 1.82) is 0 Å². The van der Waals surface area contributed by atoms with Crippen molar-refractivity contribution in [1.82, 2.24) is 0 Å². The minimum atomic E-state index is -4.72. The molecule has 0 fully saturated rings. The Morgan fingerprint density at radius 2 is 1.72 bits per heavy atom. The summed E-state index contributed by atoms with van der Waals surface area (Å²) in [5, 5.41) is 0. The molecular formula is C13H15F3O2. The zero-order valence-corrected chi connectivity index (χ0v) is 10.5. The third-order valence-corrected chi connectivity index (χ3v) is 1.98. The maximum absolute atomic E-state index is 12.2. The normalized spacial score (nSPS) is 11.5. The summed E-state index contributed by atoms with van der Waals surface area (Å²) in [6.07, 6.45) is -4.85. The number of hydrogen-bond acceptors (Lipinski definition) is 2. The maximum atomic E-state index is 12.2. The van der Waals surface area contributed by atoms with Gasteiger partial charge >= 0.3 is 6.36 Å². The second-order valence-electron chi connectivity index (χ2n) is 4.19. The van der Waals surface area contributed by atoms with Crippen LogP contribution in [0.1, 0.15) is 26.3 Å².